The molecule has 1 heterocycles. The molecule has 0 aliphatic carbocycles. The van der Waals surface area contributed by atoms with Gasteiger partial charge in [0.2, 0.25) is 0 Å². The lowest BCUT2D eigenvalue weighted by molar-refractivity contribution is 0.0820. The highest BCUT2D eigenvalue weighted by Crippen LogP contribution is 2.26. The van der Waals surface area contributed by atoms with Crippen molar-refractivity contribution in [2.75, 3.05) is 19.6 Å². The van der Waals surface area contributed by atoms with Crippen molar-refractivity contribution >= 4 is 12.4 Å². The first kappa shape index (κ1) is 19.0. The van der Waals surface area contributed by atoms with Crippen LogP contribution in [0, 0.1) is 5.92 Å². The van der Waals surface area contributed by atoms with Crippen LogP contribution in [0.5, 0.6) is 0 Å². The van der Waals surface area contributed by atoms with E-state index >= 15 is 0 Å². The van der Waals surface area contributed by atoms with Crippen LogP contribution in [0.1, 0.15) is 37.9 Å². The molecular weight excluding hydrogens is 318 g/mol. The molecule has 1 saturated heterocycles. The van der Waals surface area contributed by atoms with Crippen LogP contribution in [0.2, 0.25) is 0 Å². The van der Waals surface area contributed by atoms with Crippen molar-refractivity contribution in [3.63, 3.8) is 0 Å². The van der Waals surface area contributed by atoms with Crippen molar-refractivity contribution in [2.45, 2.75) is 32.3 Å². The molecule has 2 atom stereocenters. The highest BCUT2D eigenvalue weighted by molar-refractivity contribution is 5.85. The molecule has 0 bridgehead atoms. The largest absolute Gasteiger partial charge is 0.388 e. The number of hydrogen-bond donors (Lipinski definition) is 1. The average Bonchev–Trinajstić information content (AvgIpc) is 2.63. The predicted octanol–water partition coefficient (Wildman–Crippen LogP) is 4.93. The summed E-state index contributed by atoms with van der Waals surface area (Å²) in [5.41, 5.74) is 3.44. The third-order valence-corrected chi connectivity index (χ3v) is 4.89. The molecule has 2 nitrogen and oxygen atoms in total. The number of piperidine rings is 1. The van der Waals surface area contributed by atoms with Crippen molar-refractivity contribution in [2.24, 2.45) is 5.92 Å². The number of aliphatic hydroxyl groups excluding tert-OH is 1. The maximum atomic E-state index is 10.7. The first-order valence-corrected chi connectivity index (χ1v) is 8.80. The van der Waals surface area contributed by atoms with E-state index in [1.165, 1.54) is 43.5 Å². The summed E-state index contributed by atoms with van der Waals surface area (Å²) in [5, 5.41) is 10.7. The van der Waals surface area contributed by atoms with Crippen LogP contribution in [0.3, 0.4) is 0 Å². The summed E-state index contributed by atoms with van der Waals surface area (Å²) < 4.78 is 0. The van der Waals surface area contributed by atoms with Gasteiger partial charge in [-0.05, 0) is 48.5 Å². The van der Waals surface area contributed by atoms with Crippen molar-refractivity contribution < 1.29 is 5.11 Å². The highest BCUT2D eigenvalue weighted by atomic mass is 35.5. The molecule has 0 amide bonds. The van der Waals surface area contributed by atoms with E-state index in [2.05, 4.69) is 60.4 Å². The van der Waals surface area contributed by atoms with Gasteiger partial charge in [-0.25, -0.2) is 0 Å². The summed E-state index contributed by atoms with van der Waals surface area (Å²) in [5.74, 6) is 0.260. The second-order valence-electron chi connectivity index (χ2n) is 6.77. The van der Waals surface area contributed by atoms with Crippen LogP contribution >= 0.6 is 12.4 Å². The molecule has 1 fully saturated rings. The molecule has 130 valence electrons. The van der Waals surface area contributed by atoms with Gasteiger partial charge in [0.25, 0.3) is 0 Å². The zero-order valence-corrected chi connectivity index (χ0v) is 15.2. The van der Waals surface area contributed by atoms with E-state index in [9.17, 15) is 5.11 Å². The number of likely N-dealkylation sites (tertiary alicyclic amines) is 1. The summed E-state index contributed by atoms with van der Waals surface area (Å²) in [6.45, 7) is 5.51. The first-order valence-electron chi connectivity index (χ1n) is 8.80. The van der Waals surface area contributed by atoms with Gasteiger partial charge in [-0.1, -0.05) is 67.9 Å². The van der Waals surface area contributed by atoms with Crippen LogP contribution in [0.4, 0.5) is 0 Å². The molecule has 0 unspecified atom stereocenters. The molecular formula is C21H28ClNO. The summed E-state index contributed by atoms with van der Waals surface area (Å²) in [6.07, 6.45) is 3.57. The van der Waals surface area contributed by atoms with Crippen LogP contribution in [-0.4, -0.2) is 29.6 Å². The Kier molecular flexibility index (Phi) is 7.29. The molecule has 0 spiro atoms. The van der Waals surface area contributed by atoms with E-state index in [0.717, 1.165) is 12.1 Å². The first-order chi connectivity index (χ1) is 11.2. The summed E-state index contributed by atoms with van der Waals surface area (Å²) in [6, 6.07) is 18.7. The van der Waals surface area contributed by atoms with Crippen molar-refractivity contribution in [3.8, 4) is 11.1 Å². The van der Waals surface area contributed by atoms with Crippen LogP contribution < -0.4 is 0 Å². The predicted molar refractivity (Wildman–Crippen MR) is 104 cm³/mol. The minimum absolute atomic E-state index is 0. The zero-order valence-electron chi connectivity index (χ0n) is 14.4. The Labute approximate surface area is 151 Å². The maximum absolute atomic E-state index is 10.7. The van der Waals surface area contributed by atoms with Gasteiger partial charge in [0.05, 0.1) is 6.10 Å². The lowest BCUT2D eigenvalue weighted by Crippen LogP contribution is -2.35. The van der Waals surface area contributed by atoms with Crippen molar-refractivity contribution in [1.82, 2.24) is 4.90 Å². The third kappa shape index (κ3) is 4.83. The number of nitrogens with zero attached hydrogens (tertiary/aromatic N) is 1. The molecule has 2 aromatic rings. The van der Waals surface area contributed by atoms with Gasteiger partial charge in [0.15, 0.2) is 0 Å². The fraction of sp³-hybridized carbons (Fsp3) is 0.429. The molecule has 1 aliphatic rings. The Balaban J connectivity index is 0.00000208. The lowest BCUT2D eigenvalue weighted by Gasteiger charge is -2.31. The minimum atomic E-state index is -0.387. The van der Waals surface area contributed by atoms with Gasteiger partial charge >= 0.3 is 0 Å². The van der Waals surface area contributed by atoms with E-state index in [0.29, 0.717) is 0 Å². The highest BCUT2D eigenvalue weighted by Gasteiger charge is 2.20. The molecule has 0 aromatic heterocycles. The second kappa shape index (κ2) is 9.22. The van der Waals surface area contributed by atoms with E-state index in [4.69, 9.17) is 0 Å². The number of hydrogen-bond acceptors (Lipinski definition) is 2. The SMILES string of the molecule is C[C@@H](CN1CCCCC1)[C@H](O)c1ccc(-c2ccccc2)cc1.Cl. The Bertz CT molecular complexity index is 593. The van der Waals surface area contributed by atoms with Gasteiger partial charge in [0, 0.05) is 6.54 Å². The molecule has 0 radical (unpaired) electrons. The van der Waals surface area contributed by atoms with Crippen LogP contribution in [0.15, 0.2) is 54.6 Å². The monoisotopic (exact) mass is 345 g/mol. The molecule has 1 N–H and O–H groups in total. The smallest absolute Gasteiger partial charge is 0.0827 e. The lowest BCUT2D eigenvalue weighted by atomic mass is 9.94. The Morgan fingerprint density at radius 2 is 1.46 bits per heavy atom. The summed E-state index contributed by atoms with van der Waals surface area (Å²) >= 11 is 0. The van der Waals surface area contributed by atoms with E-state index in [-0.39, 0.29) is 24.4 Å². The zero-order chi connectivity index (χ0) is 16.1. The number of halogens is 1. The molecule has 1 aliphatic heterocycles. The minimum Gasteiger partial charge on any atom is -0.388 e. The third-order valence-electron chi connectivity index (χ3n) is 4.89. The fourth-order valence-electron chi connectivity index (χ4n) is 3.48. The quantitative estimate of drug-likeness (QED) is 0.830. The van der Waals surface area contributed by atoms with Crippen LogP contribution in [0.25, 0.3) is 11.1 Å². The van der Waals surface area contributed by atoms with Crippen LogP contribution in [-0.2, 0) is 0 Å². The molecule has 24 heavy (non-hydrogen) atoms. The molecule has 2 aromatic carbocycles. The Hall–Kier alpha value is -1.35. The van der Waals surface area contributed by atoms with Gasteiger partial charge in [0.1, 0.15) is 0 Å². The summed E-state index contributed by atoms with van der Waals surface area (Å²) in [4.78, 5) is 2.50. The molecule has 3 heteroatoms. The van der Waals surface area contributed by atoms with Crippen molar-refractivity contribution in [3.05, 3.63) is 60.2 Å². The van der Waals surface area contributed by atoms with Gasteiger partial charge in [-0.2, -0.15) is 0 Å². The topological polar surface area (TPSA) is 23.5 Å². The molecule has 0 saturated carbocycles. The Morgan fingerprint density at radius 3 is 2.08 bits per heavy atom. The van der Waals surface area contributed by atoms with Gasteiger partial charge in [-0.15, -0.1) is 12.4 Å². The average molecular weight is 346 g/mol. The standard InChI is InChI=1S/C21H27NO.ClH/c1-17(16-22-14-6-3-7-15-22)21(23)20-12-10-19(11-13-20)18-8-4-2-5-9-18;/h2,4-5,8-13,17,21,23H,3,6-7,14-16H2,1H3;1H/t17-,21-;/m0./s1. The van der Waals surface area contributed by atoms with E-state index < -0.39 is 0 Å². The Morgan fingerprint density at radius 1 is 0.875 bits per heavy atom. The molecule has 3 rings (SSSR count). The maximum Gasteiger partial charge on any atom is 0.0827 e. The number of aliphatic hydroxyl groups is 1. The second-order valence-corrected chi connectivity index (χ2v) is 6.77. The number of rotatable bonds is 5. The normalized spacial score (nSPS) is 17.8. The summed E-state index contributed by atoms with van der Waals surface area (Å²) in [7, 11) is 0. The van der Waals surface area contributed by atoms with Crippen molar-refractivity contribution in [1.29, 1.82) is 0 Å². The number of benzene rings is 2. The fourth-order valence-corrected chi connectivity index (χ4v) is 3.48. The van der Waals surface area contributed by atoms with E-state index in [1.807, 2.05) is 6.07 Å². The van der Waals surface area contributed by atoms with Gasteiger partial charge < -0.3 is 10.0 Å². The van der Waals surface area contributed by atoms with E-state index in [1.54, 1.807) is 0 Å². The van der Waals surface area contributed by atoms with Gasteiger partial charge in [-0.3, -0.25) is 0 Å².